The topological polar surface area (TPSA) is 64.2 Å². The summed E-state index contributed by atoms with van der Waals surface area (Å²) < 4.78 is 3.89. The van der Waals surface area contributed by atoms with E-state index in [0.29, 0.717) is 12.4 Å². The van der Waals surface area contributed by atoms with Crippen molar-refractivity contribution in [1.29, 1.82) is 0 Å². The Morgan fingerprint density at radius 3 is 2.88 bits per heavy atom. The van der Waals surface area contributed by atoms with Crippen molar-refractivity contribution >= 4 is 22.5 Å². The van der Waals surface area contributed by atoms with Crippen LogP contribution >= 0.6 is 0 Å². The van der Waals surface area contributed by atoms with Crippen molar-refractivity contribution in [2.75, 3.05) is 0 Å². The molecule has 4 aromatic rings. The van der Waals surface area contributed by atoms with Crippen LogP contribution in [-0.4, -0.2) is 25.1 Å². The van der Waals surface area contributed by atoms with Crippen LogP contribution in [0.15, 0.2) is 54.7 Å². The average molecular weight is 319 g/mol. The molecule has 1 amide bonds. The molecule has 3 heterocycles. The second-order valence-electron chi connectivity index (χ2n) is 5.75. The molecule has 3 aromatic heterocycles. The highest BCUT2D eigenvalue weighted by Crippen LogP contribution is 2.18. The molecule has 1 N–H and O–H groups in total. The number of carbonyl (C=O) groups is 1. The van der Waals surface area contributed by atoms with Crippen molar-refractivity contribution in [3.05, 3.63) is 66.2 Å². The number of carbonyl (C=O) groups excluding carboxylic acids is 1. The normalized spacial score (nSPS) is 11.2. The monoisotopic (exact) mass is 319 g/mol. The zero-order chi connectivity index (χ0) is 16.5. The first kappa shape index (κ1) is 14.4. The molecule has 4 rings (SSSR count). The van der Waals surface area contributed by atoms with Crippen LogP contribution in [0.1, 0.15) is 11.5 Å². The van der Waals surface area contributed by atoms with Gasteiger partial charge in [0.05, 0.1) is 6.54 Å². The summed E-state index contributed by atoms with van der Waals surface area (Å²) in [5, 5.41) is 12.3. The number of hydrogen-bond acceptors (Lipinski definition) is 3. The highest BCUT2D eigenvalue weighted by atomic mass is 16.1. The van der Waals surface area contributed by atoms with Crippen molar-refractivity contribution in [3.8, 4) is 0 Å². The van der Waals surface area contributed by atoms with E-state index in [-0.39, 0.29) is 12.5 Å². The summed E-state index contributed by atoms with van der Waals surface area (Å²) in [5.74, 6) is 0.667. The Morgan fingerprint density at radius 2 is 1.96 bits per heavy atom. The lowest BCUT2D eigenvalue weighted by Crippen LogP contribution is -2.28. The van der Waals surface area contributed by atoms with E-state index in [1.165, 1.54) is 0 Å². The Kier molecular flexibility index (Phi) is 3.49. The summed E-state index contributed by atoms with van der Waals surface area (Å²) in [6.45, 7) is 2.65. The highest BCUT2D eigenvalue weighted by molar-refractivity contribution is 5.84. The van der Waals surface area contributed by atoms with Gasteiger partial charge in [-0.25, -0.2) is 0 Å². The lowest BCUT2D eigenvalue weighted by Gasteiger charge is -2.09. The predicted octanol–water partition coefficient (Wildman–Crippen LogP) is 2.31. The molecule has 0 bridgehead atoms. The molecule has 0 atom stereocenters. The van der Waals surface area contributed by atoms with Gasteiger partial charge in [0.2, 0.25) is 5.91 Å². The first-order chi connectivity index (χ1) is 11.7. The fraction of sp³-hybridized carbons (Fsp3) is 0.167. The summed E-state index contributed by atoms with van der Waals surface area (Å²) in [5.41, 5.74) is 2.91. The molecular formula is C18H17N5O. The average Bonchev–Trinajstić information content (AvgIpc) is 3.15. The molecule has 24 heavy (non-hydrogen) atoms. The van der Waals surface area contributed by atoms with Gasteiger partial charge in [0.15, 0.2) is 11.5 Å². The van der Waals surface area contributed by atoms with Crippen molar-refractivity contribution in [2.24, 2.45) is 0 Å². The van der Waals surface area contributed by atoms with Crippen LogP contribution < -0.4 is 5.32 Å². The molecule has 0 spiro atoms. The standard InChI is InChI=1S/C18H17N5O/c1-13-10-14-6-2-3-7-15(14)23(13)12-18(24)19-11-17-21-20-16-8-4-5-9-22(16)17/h2-10H,11-12H2,1H3,(H,19,24). The minimum atomic E-state index is -0.0489. The van der Waals surface area contributed by atoms with Gasteiger partial charge in [-0.3, -0.25) is 9.20 Å². The highest BCUT2D eigenvalue weighted by Gasteiger charge is 2.11. The number of nitrogens with zero attached hydrogens (tertiary/aromatic N) is 4. The van der Waals surface area contributed by atoms with Crippen LogP contribution in [0, 0.1) is 6.92 Å². The van der Waals surface area contributed by atoms with E-state index in [1.54, 1.807) is 0 Å². The van der Waals surface area contributed by atoms with E-state index in [9.17, 15) is 4.79 Å². The third kappa shape index (κ3) is 2.52. The van der Waals surface area contributed by atoms with E-state index in [2.05, 4.69) is 27.6 Å². The number of para-hydroxylation sites is 1. The third-order valence-electron chi connectivity index (χ3n) is 4.15. The molecule has 0 aliphatic heterocycles. The van der Waals surface area contributed by atoms with Crippen LogP contribution in [0.25, 0.3) is 16.6 Å². The van der Waals surface area contributed by atoms with Gasteiger partial charge in [0, 0.05) is 17.4 Å². The smallest absolute Gasteiger partial charge is 0.240 e. The van der Waals surface area contributed by atoms with Gasteiger partial charge in [0.25, 0.3) is 0 Å². The molecule has 0 saturated heterocycles. The van der Waals surface area contributed by atoms with Crippen molar-refractivity contribution in [2.45, 2.75) is 20.0 Å². The van der Waals surface area contributed by atoms with Crippen LogP contribution in [-0.2, 0) is 17.9 Å². The predicted molar refractivity (Wildman–Crippen MR) is 91.5 cm³/mol. The van der Waals surface area contributed by atoms with E-state index in [4.69, 9.17) is 0 Å². The fourth-order valence-corrected chi connectivity index (χ4v) is 2.95. The molecular weight excluding hydrogens is 302 g/mol. The van der Waals surface area contributed by atoms with Gasteiger partial charge >= 0.3 is 0 Å². The number of aryl methyl sites for hydroxylation is 1. The number of nitrogens with one attached hydrogen (secondary N) is 1. The largest absolute Gasteiger partial charge is 0.347 e. The van der Waals surface area contributed by atoms with E-state index < -0.39 is 0 Å². The van der Waals surface area contributed by atoms with Gasteiger partial charge in [-0.15, -0.1) is 10.2 Å². The second-order valence-corrected chi connectivity index (χ2v) is 5.75. The van der Waals surface area contributed by atoms with Gasteiger partial charge in [-0.1, -0.05) is 24.3 Å². The maximum atomic E-state index is 12.3. The van der Waals surface area contributed by atoms with E-state index >= 15 is 0 Å². The van der Waals surface area contributed by atoms with Crippen molar-refractivity contribution < 1.29 is 4.79 Å². The minimum absolute atomic E-state index is 0.0489. The Morgan fingerprint density at radius 1 is 1.12 bits per heavy atom. The molecule has 1 aromatic carbocycles. The number of fused-ring (bicyclic) bond motifs is 2. The summed E-state index contributed by atoms with van der Waals surface area (Å²) in [4.78, 5) is 12.3. The molecule has 6 nitrogen and oxygen atoms in total. The maximum absolute atomic E-state index is 12.3. The van der Waals surface area contributed by atoms with Crippen LogP contribution in [0.3, 0.4) is 0 Å². The first-order valence-electron chi connectivity index (χ1n) is 7.82. The maximum Gasteiger partial charge on any atom is 0.240 e. The number of pyridine rings is 1. The SMILES string of the molecule is Cc1cc2ccccc2n1CC(=O)NCc1nnc2ccccn12. The molecule has 0 aliphatic carbocycles. The summed E-state index contributed by atoms with van der Waals surface area (Å²) >= 11 is 0. The van der Waals surface area contributed by atoms with Gasteiger partial charge in [-0.2, -0.15) is 0 Å². The van der Waals surface area contributed by atoms with Crippen LogP contribution in [0.4, 0.5) is 0 Å². The molecule has 0 unspecified atom stereocenters. The summed E-state index contributed by atoms with van der Waals surface area (Å²) in [7, 11) is 0. The first-order valence-corrected chi connectivity index (χ1v) is 7.82. The van der Waals surface area contributed by atoms with Crippen LogP contribution in [0.5, 0.6) is 0 Å². The number of amides is 1. The number of benzene rings is 1. The Bertz CT molecular complexity index is 1030. The van der Waals surface area contributed by atoms with Gasteiger partial charge < -0.3 is 9.88 Å². The number of aromatic nitrogens is 4. The van der Waals surface area contributed by atoms with E-state index in [1.807, 2.05) is 58.5 Å². The molecule has 0 saturated carbocycles. The molecule has 120 valence electrons. The van der Waals surface area contributed by atoms with Crippen molar-refractivity contribution in [3.63, 3.8) is 0 Å². The lowest BCUT2D eigenvalue weighted by molar-refractivity contribution is -0.121. The van der Waals surface area contributed by atoms with Gasteiger partial charge in [0.1, 0.15) is 6.54 Å². The fourth-order valence-electron chi connectivity index (χ4n) is 2.95. The van der Waals surface area contributed by atoms with Crippen molar-refractivity contribution in [1.82, 2.24) is 24.5 Å². The minimum Gasteiger partial charge on any atom is -0.347 e. The number of rotatable bonds is 4. The Balaban J connectivity index is 1.49. The third-order valence-corrected chi connectivity index (χ3v) is 4.15. The lowest BCUT2D eigenvalue weighted by atomic mass is 10.2. The Hall–Kier alpha value is -3.15. The summed E-state index contributed by atoms with van der Waals surface area (Å²) in [6.07, 6.45) is 1.89. The molecule has 0 radical (unpaired) electrons. The zero-order valence-electron chi connectivity index (χ0n) is 13.3. The summed E-state index contributed by atoms with van der Waals surface area (Å²) in [6, 6.07) is 15.9. The number of hydrogen-bond donors (Lipinski definition) is 1. The quantitative estimate of drug-likeness (QED) is 0.628. The molecule has 6 heteroatoms. The second kappa shape index (κ2) is 5.81. The van der Waals surface area contributed by atoms with Crippen LogP contribution in [0.2, 0.25) is 0 Å². The molecule has 0 fully saturated rings. The van der Waals surface area contributed by atoms with Gasteiger partial charge in [-0.05, 0) is 36.6 Å². The van der Waals surface area contributed by atoms with E-state index in [0.717, 1.165) is 22.2 Å². The zero-order valence-corrected chi connectivity index (χ0v) is 13.3. The molecule has 0 aliphatic rings. The Labute approximate surface area is 138 Å².